The highest BCUT2D eigenvalue weighted by Gasteiger charge is 2.17. The number of hydrogen-bond donors (Lipinski definition) is 1. The van der Waals surface area contributed by atoms with Crippen molar-refractivity contribution in [3.8, 4) is 5.75 Å². The first-order valence-electron chi connectivity index (χ1n) is 8.83. The molecule has 2 heterocycles. The van der Waals surface area contributed by atoms with Gasteiger partial charge in [-0.2, -0.15) is 0 Å². The number of ether oxygens (including phenoxy) is 1. The van der Waals surface area contributed by atoms with E-state index in [0.717, 1.165) is 48.2 Å². The van der Waals surface area contributed by atoms with E-state index in [1.807, 2.05) is 33.0 Å². The van der Waals surface area contributed by atoms with Gasteiger partial charge in [-0.3, -0.25) is 4.99 Å². The molecule has 2 aromatic rings. The molecule has 1 aromatic carbocycles. The van der Waals surface area contributed by atoms with Gasteiger partial charge in [0.1, 0.15) is 11.5 Å². The number of methoxy groups -OCH3 is 1. The minimum Gasteiger partial charge on any atom is -0.497 e. The van der Waals surface area contributed by atoms with Gasteiger partial charge in [-0.1, -0.05) is 23.4 Å². The average molecular weight is 482 g/mol. The lowest BCUT2D eigenvalue weighted by Gasteiger charge is -2.30. The molecule has 3 rings (SSSR count). The van der Waals surface area contributed by atoms with E-state index in [9.17, 15) is 0 Å². The fraction of sp³-hybridized carbons (Fsp3) is 0.400. The van der Waals surface area contributed by atoms with Gasteiger partial charge in [0.15, 0.2) is 5.96 Å². The number of hydrogen-bond acceptors (Lipinski definition) is 4. The molecule has 0 atom stereocenters. The van der Waals surface area contributed by atoms with Crippen molar-refractivity contribution in [3.05, 3.63) is 52.9 Å². The van der Waals surface area contributed by atoms with Crippen molar-refractivity contribution in [2.45, 2.75) is 26.8 Å². The van der Waals surface area contributed by atoms with Crippen LogP contribution in [0.4, 0.5) is 0 Å². The van der Waals surface area contributed by atoms with Crippen LogP contribution in [0, 0.1) is 13.8 Å². The summed E-state index contributed by atoms with van der Waals surface area (Å²) in [5.41, 5.74) is 4.59. The second-order valence-corrected chi connectivity index (χ2v) is 6.36. The van der Waals surface area contributed by atoms with E-state index < -0.39 is 0 Å². The molecular formula is C20H27IN4O2. The molecule has 27 heavy (non-hydrogen) atoms. The molecule has 1 aliphatic heterocycles. The topological polar surface area (TPSA) is 62.9 Å². The number of aromatic nitrogens is 1. The van der Waals surface area contributed by atoms with Crippen molar-refractivity contribution in [1.82, 2.24) is 15.4 Å². The van der Waals surface area contributed by atoms with Gasteiger partial charge in [0.2, 0.25) is 0 Å². The summed E-state index contributed by atoms with van der Waals surface area (Å²) in [4.78, 5) is 6.68. The van der Waals surface area contributed by atoms with Gasteiger partial charge in [-0.25, -0.2) is 0 Å². The van der Waals surface area contributed by atoms with Gasteiger partial charge < -0.3 is 19.5 Å². The number of halogens is 1. The maximum Gasteiger partial charge on any atom is 0.194 e. The number of nitrogens with one attached hydrogen (secondary N) is 1. The summed E-state index contributed by atoms with van der Waals surface area (Å²) in [6.07, 6.45) is 3.24. The van der Waals surface area contributed by atoms with Crippen molar-refractivity contribution in [2.75, 3.05) is 27.2 Å². The predicted octanol–water partition coefficient (Wildman–Crippen LogP) is 3.78. The zero-order chi connectivity index (χ0) is 18.5. The molecule has 6 nitrogen and oxygen atoms in total. The maximum atomic E-state index is 5.33. The molecule has 146 valence electrons. The molecule has 7 heteroatoms. The zero-order valence-electron chi connectivity index (χ0n) is 16.3. The molecule has 1 aromatic heterocycles. The highest BCUT2D eigenvalue weighted by atomic mass is 127. The number of guanidine groups is 1. The van der Waals surface area contributed by atoms with Crippen LogP contribution in [-0.2, 0) is 6.54 Å². The Labute approximate surface area is 177 Å². The summed E-state index contributed by atoms with van der Waals surface area (Å²) in [6, 6.07) is 8.23. The first kappa shape index (κ1) is 21.3. The Morgan fingerprint density at radius 2 is 2.19 bits per heavy atom. The van der Waals surface area contributed by atoms with Gasteiger partial charge >= 0.3 is 0 Å². The summed E-state index contributed by atoms with van der Waals surface area (Å²) in [7, 11) is 3.52. The Hall–Kier alpha value is -2.03. The normalized spacial score (nSPS) is 14.4. The number of rotatable bonds is 4. The minimum atomic E-state index is 0. The van der Waals surface area contributed by atoms with E-state index in [2.05, 4.69) is 38.6 Å². The van der Waals surface area contributed by atoms with Crippen molar-refractivity contribution >= 4 is 35.5 Å². The summed E-state index contributed by atoms with van der Waals surface area (Å²) in [6.45, 7) is 6.30. The first-order chi connectivity index (χ1) is 12.6. The van der Waals surface area contributed by atoms with Crippen molar-refractivity contribution < 1.29 is 9.26 Å². The average Bonchev–Trinajstić information content (AvgIpc) is 3.01. The molecule has 0 unspecified atom stereocenters. The number of aryl methyl sites for hydroxylation is 2. The molecule has 0 saturated carbocycles. The maximum absolute atomic E-state index is 5.33. The molecule has 0 spiro atoms. The molecule has 1 N–H and O–H groups in total. The van der Waals surface area contributed by atoms with Crippen LogP contribution in [0.3, 0.4) is 0 Å². The van der Waals surface area contributed by atoms with Crippen LogP contribution in [0.2, 0.25) is 0 Å². The summed E-state index contributed by atoms with van der Waals surface area (Å²) in [5, 5.41) is 7.42. The Kier molecular flexibility index (Phi) is 7.70. The predicted molar refractivity (Wildman–Crippen MR) is 119 cm³/mol. The van der Waals surface area contributed by atoms with Gasteiger partial charge in [-0.05, 0) is 43.5 Å². The van der Waals surface area contributed by atoms with Crippen LogP contribution in [0.1, 0.15) is 29.0 Å². The van der Waals surface area contributed by atoms with Crippen LogP contribution in [0.5, 0.6) is 5.75 Å². The number of aliphatic imine (C=N–C) groups is 1. The third-order valence-electron chi connectivity index (χ3n) is 4.77. The van der Waals surface area contributed by atoms with Crippen molar-refractivity contribution in [1.29, 1.82) is 0 Å². The molecule has 0 fully saturated rings. The fourth-order valence-electron chi connectivity index (χ4n) is 3.20. The lowest BCUT2D eigenvalue weighted by atomic mass is 9.99. The summed E-state index contributed by atoms with van der Waals surface area (Å²) >= 11 is 0. The first-order valence-corrected chi connectivity index (χ1v) is 8.83. The molecule has 0 saturated heterocycles. The number of benzene rings is 1. The third kappa shape index (κ3) is 5.03. The molecule has 0 bridgehead atoms. The van der Waals surface area contributed by atoms with Gasteiger partial charge in [-0.15, -0.1) is 24.0 Å². The molecule has 0 aliphatic carbocycles. The molecular weight excluding hydrogens is 455 g/mol. The minimum absolute atomic E-state index is 0. The third-order valence-corrected chi connectivity index (χ3v) is 4.77. The van der Waals surface area contributed by atoms with E-state index in [-0.39, 0.29) is 24.0 Å². The highest BCUT2D eigenvalue weighted by molar-refractivity contribution is 14.0. The van der Waals surface area contributed by atoms with Crippen LogP contribution < -0.4 is 10.1 Å². The van der Waals surface area contributed by atoms with Crippen molar-refractivity contribution in [3.63, 3.8) is 0 Å². The van der Waals surface area contributed by atoms with E-state index in [1.54, 1.807) is 7.11 Å². The Morgan fingerprint density at radius 3 is 2.78 bits per heavy atom. The highest BCUT2D eigenvalue weighted by Crippen LogP contribution is 2.25. The van der Waals surface area contributed by atoms with E-state index in [4.69, 9.17) is 9.26 Å². The van der Waals surface area contributed by atoms with Crippen LogP contribution in [-0.4, -0.2) is 43.3 Å². The molecule has 0 radical (unpaired) electrons. The zero-order valence-corrected chi connectivity index (χ0v) is 18.6. The van der Waals surface area contributed by atoms with E-state index >= 15 is 0 Å². The van der Waals surface area contributed by atoms with Gasteiger partial charge in [0.25, 0.3) is 0 Å². The monoisotopic (exact) mass is 482 g/mol. The lowest BCUT2D eigenvalue weighted by Crippen LogP contribution is -2.43. The number of nitrogens with zero attached hydrogens (tertiary/aromatic N) is 3. The SMILES string of the molecule is CN=C(NCc1c(C)noc1C)N1CC=C(c2cccc(OC)c2)CC1.I. The molecule has 0 amide bonds. The smallest absolute Gasteiger partial charge is 0.194 e. The van der Waals surface area contributed by atoms with E-state index in [0.29, 0.717) is 6.54 Å². The van der Waals surface area contributed by atoms with Crippen LogP contribution in [0.15, 0.2) is 39.9 Å². The van der Waals surface area contributed by atoms with Crippen LogP contribution in [0.25, 0.3) is 5.57 Å². The largest absolute Gasteiger partial charge is 0.497 e. The second kappa shape index (κ2) is 9.77. The summed E-state index contributed by atoms with van der Waals surface area (Å²) < 4.78 is 10.6. The Bertz CT molecular complexity index is 810. The Balaban J connectivity index is 0.00000261. The fourth-order valence-corrected chi connectivity index (χ4v) is 3.20. The lowest BCUT2D eigenvalue weighted by molar-refractivity contribution is 0.392. The van der Waals surface area contributed by atoms with E-state index in [1.165, 1.54) is 11.1 Å². The van der Waals surface area contributed by atoms with Crippen molar-refractivity contribution in [2.24, 2.45) is 4.99 Å². The Morgan fingerprint density at radius 1 is 1.37 bits per heavy atom. The second-order valence-electron chi connectivity index (χ2n) is 6.36. The standard InChI is InChI=1S/C20H26N4O2.HI/c1-14-19(15(2)26-23-14)13-22-20(21-3)24-10-8-16(9-11-24)17-6-5-7-18(12-17)25-4;/h5-8,12H,9-11,13H2,1-4H3,(H,21,22);1H. The summed E-state index contributed by atoms with van der Waals surface area (Å²) in [5.74, 6) is 2.64. The van der Waals surface area contributed by atoms with Gasteiger partial charge in [0.05, 0.1) is 12.8 Å². The quantitative estimate of drug-likeness (QED) is 0.409. The van der Waals surface area contributed by atoms with Crippen LogP contribution >= 0.6 is 24.0 Å². The molecule has 1 aliphatic rings. The van der Waals surface area contributed by atoms with Gasteiger partial charge in [0, 0.05) is 32.2 Å².